The SMILES string of the molecule is Br.N#Cc1nn(-c2ccccc2)sc1=N. The summed E-state index contributed by atoms with van der Waals surface area (Å²) in [4.78, 5) is 0. The van der Waals surface area contributed by atoms with E-state index in [-0.39, 0.29) is 27.3 Å². The van der Waals surface area contributed by atoms with Crippen LogP contribution in [0.3, 0.4) is 0 Å². The van der Waals surface area contributed by atoms with E-state index in [2.05, 4.69) is 5.10 Å². The average molecular weight is 283 g/mol. The molecule has 0 aliphatic heterocycles. The molecule has 0 saturated heterocycles. The minimum Gasteiger partial charge on any atom is -0.287 e. The van der Waals surface area contributed by atoms with Gasteiger partial charge in [0, 0.05) is 0 Å². The molecule has 2 aromatic rings. The predicted molar refractivity (Wildman–Crippen MR) is 62.3 cm³/mol. The molecular formula is C9H7BrN4S. The number of aromatic nitrogens is 2. The van der Waals surface area contributed by atoms with Crippen LogP contribution in [0, 0.1) is 16.7 Å². The Labute approximate surface area is 101 Å². The van der Waals surface area contributed by atoms with Crippen molar-refractivity contribution in [3.63, 3.8) is 0 Å². The van der Waals surface area contributed by atoms with Crippen LogP contribution in [-0.4, -0.2) is 9.17 Å². The van der Waals surface area contributed by atoms with E-state index >= 15 is 0 Å². The molecule has 4 nitrogen and oxygen atoms in total. The van der Waals surface area contributed by atoms with Crippen molar-refractivity contribution in [3.05, 3.63) is 40.7 Å². The molecule has 1 N–H and O–H groups in total. The van der Waals surface area contributed by atoms with Crippen molar-refractivity contribution in [2.45, 2.75) is 0 Å². The van der Waals surface area contributed by atoms with Gasteiger partial charge < -0.3 is 0 Å². The predicted octanol–water partition coefficient (Wildman–Crippen LogP) is 1.86. The summed E-state index contributed by atoms with van der Waals surface area (Å²) in [5.74, 6) is 0. The Balaban J connectivity index is 0.00000112. The minimum atomic E-state index is 0. The highest BCUT2D eigenvalue weighted by molar-refractivity contribution is 8.93. The number of benzene rings is 1. The van der Waals surface area contributed by atoms with E-state index in [0.29, 0.717) is 0 Å². The highest BCUT2D eigenvalue weighted by Crippen LogP contribution is 2.06. The van der Waals surface area contributed by atoms with Gasteiger partial charge >= 0.3 is 0 Å². The molecule has 0 amide bonds. The Bertz CT molecular complexity index is 537. The summed E-state index contributed by atoms with van der Waals surface area (Å²) < 4.78 is 1.76. The molecule has 0 aliphatic carbocycles. The van der Waals surface area contributed by atoms with E-state index in [1.54, 1.807) is 4.07 Å². The van der Waals surface area contributed by atoms with E-state index in [0.717, 1.165) is 17.2 Å². The Morgan fingerprint density at radius 3 is 2.53 bits per heavy atom. The molecule has 1 heterocycles. The first-order chi connectivity index (χ1) is 6.81. The third-order valence-corrected chi connectivity index (χ3v) is 2.51. The first kappa shape index (κ1) is 11.6. The third-order valence-electron chi connectivity index (χ3n) is 1.67. The van der Waals surface area contributed by atoms with Crippen LogP contribution >= 0.6 is 28.5 Å². The van der Waals surface area contributed by atoms with Gasteiger partial charge in [-0.05, 0) is 23.7 Å². The van der Waals surface area contributed by atoms with Gasteiger partial charge in [0.1, 0.15) is 6.07 Å². The van der Waals surface area contributed by atoms with Crippen molar-refractivity contribution < 1.29 is 0 Å². The highest BCUT2D eigenvalue weighted by Gasteiger charge is 2.03. The van der Waals surface area contributed by atoms with Crippen molar-refractivity contribution in [2.24, 2.45) is 0 Å². The molecule has 0 bridgehead atoms. The van der Waals surface area contributed by atoms with E-state index < -0.39 is 0 Å². The summed E-state index contributed by atoms with van der Waals surface area (Å²) in [6.07, 6.45) is 0. The Hall–Kier alpha value is -1.45. The molecule has 1 aromatic carbocycles. The van der Waals surface area contributed by atoms with Crippen molar-refractivity contribution >= 4 is 28.5 Å². The van der Waals surface area contributed by atoms with Crippen LogP contribution in [-0.2, 0) is 0 Å². The molecule has 6 heteroatoms. The van der Waals surface area contributed by atoms with Crippen LogP contribution in [0.2, 0.25) is 0 Å². The zero-order valence-corrected chi connectivity index (χ0v) is 10.1. The first-order valence-corrected chi connectivity index (χ1v) is 4.69. The van der Waals surface area contributed by atoms with Crippen LogP contribution in [0.5, 0.6) is 0 Å². The second-order valence-corrected chi connectivity index (χ2v) is 3.53. The molecule has 0 fully saturated rings. The number of hydrogen-bond acceptors (Lipinski definition) is 4. The smallest absolute Gasteiger partial charge is 0.198 e. The number of para-hydroxylation sites is 1. The van der Waals surface area contributed by atoms with Gasteiger partial charge in [-0.2, -0.15) is 9.33 Å². The number of nitrogens with zero attached hydrogens (tertiary/aromatic N) is 3. The topological polar surface area (TPSA) is 65.5 Å². The van der Waals surface area contributed by atoms with Gasteiger partial charge in [0.05, 0.1) is 5.69 Å². The fourth-order valence-electron chi connectivity index (χ4n) is 1.03. The largest absolute Gasteiger partial charge is 0.287 e. The fourth-order valence-corrected chi connectivity index (χ4v) is 1.72. The number of rotatable bonds is 1. The lowest BCUT2D eigenvalue weighted by Gasteiger charge is -1.96. The summed E-state index contributed by atoms with van der Waals surface area (Å²) in [7, 11) is 0. The summed E-state index contributed by atoms with van der Waals surface area (Å²) in [6.45, 7) is 0. The summed E-state index contributed by atoms with van der Waals surface area (Å²) >= 11 is 1.14. The average Bonchev–Trinajstić information content (AvgIpc) is 2.61. The molecular weight excluding hydrogens is 276 g/mol. The normalized spacial score (nSPS) is 9.00. The zero-order chi connectivity index (χ0) is 9.97. The molecule has 0 aliphatic rings. The number of halogens is 1. The van der Waals surface area contributed by atoms with E-state index in [9.17, 15) is 0 Å². The lowest BCUT2D eigenvalue weighted by Crippen LogP contribution is -1.95. The van der Waals surface area contributed by atoms with Gasteiger partial charge in [-0.3, -0.25) is 5.41 Å². The van der Waals surface area contributed by atoms with Crippen LogP contribution in [0.15, 0.2) is 30.3 Å². The molecule has 0 unspecified atom stereocenters. The third kappa shape index (κ3) is 2.32. The Kier molecular flexibility index (Phi) is 3.77. The van der Waals surface area contributed by atoms with Gasteiger partial charge in [-0.25, -0.2) is 0 Å². The molecule has 2 rings (SSSR count). The second-order valence-electron chi connectivity index (χ2n) is 2.59. The number of nitrogens with one attached hydrogen (secondary N) is 1. The fraction of sp³-hybridized carbons (Fsp3) is 0. The van der Waals surface area contributed by atoms with E-state index in [4.69, 9.17) is 10.7 Å². The number of hydrogen-bond donors (Lipinski definition) is 1. The van der Waals surface area contributed by atoms with E-state index in [1.165, 1.54) is 0 Å². The Morgan fingerprint density at radius 1 is 1.33 bits per heavy atom. The van der Waals surface area contributed by atoms with Gasteiger partial charge in [0.25, 0.3) is 0 Å². The van der Waals surface area contributed by atoms with E-state index in [1.807, 2.05) is 36.4 Å². The van der Waals surface area contributed by atoms with Gasteiger partial charge in [-0.15, -0.1) is 22.1 Å². The molecule has 0 radical (unpaired) electrons. The molecule has 0 saturated carbocycles. The maximum absolute atomic E-state index is 8.64. The quantitative estimate of drug-likeness (QED) is 0.868. The molecule has 1 aromatic heterocycles. The summed E-state index contributed by atoms with van der Waals surface area (Å²) in [5, 5.41) is 20.1. The highest BCUT2D eigenvalue weighted by atomic mass is 79.9. The molecule has 15 heavy (non-hydrogen) atoms. The van der Waals surface area contributed by atoms with Crippen molar-refractivity contribution in [1.82, 2.24) is 9.17 Å². The zero-order valence-electron chi connectivity index (χ0n) is 7.54. The lowest BCUT2D eigenvalue weighted by atomic mass is 10.3. The number of nitriles is 1. The standard InChI is InChI=1S/C9H6N4S.BrH/c10-6-8-9(11)14-13(12-8)7-4-2-1-3-5-7;/h1-5,11H;1H. The van der Waals surface area contributed by atoms with Gasteiger partial charge in [0.15, 0.2) is 10.4 Å². The second kappa shape index (κ2) is 4.87. The first-order valence-electron chi connectivity index (χ1n) is 3.92. The maximum Gasteiger partial charge on any atom is 0.198 e. The molecule has 0 spiro atoms. The Morgan fingerprint density at radius 2 is 2.00 bits per heavy atom. The van der Waals surface area contributed by atoms with Crippen LogP contribution < -0.4 is 4.67 Å². The lowest BCUT2D eigenvalue weighted by molar-refractivity contribution is 0.939. The summed E-state index contributed by atoms with van der Waals surface area (Å²) in [6, 6.07) is 11.3. The monoisotopic (exact) mass is 282 g/mol. The van der Waals surface area contributed by atoms with Crippen LogP contribution in [0.25, 0.3) is 5.69 Å². The minimum absolute atomic E-state index is 0. The van der Waals surface area contributed by atoms with Crippen molar-refractivity contribution in [2.75, 3.05) is 0 Å². The van der Waals surface area contributed by atoms with Crippen molar-refractivity contribution in [1.29, 1.82) is 10.7 Å². The van der Waals surface area contributed by atoms with Gasteiger partial charge in [0.2, 0.25) is 0 Å². The van der Waals surface area contributed by atoms with Crippen molar-refractivity contribution in [3.8, 4) is 11.8 Å². The van der Waals surface area contributed by atoms with Gasteiger partial charge in [-0.1, -0.05) is 18.2 Å². The summed E-state index contributed by atoms with van der Waals surface area (Å²) in [5.41, 5.74) is 1.03. The molecule has 76 valence electrons. The maximum atomic E-state index is 8.64. The van der Waals surface area contributed by atoms with Crippen LogP contribution in [0.4, 0.5) is 0 Å². The van der Waals surface area contributed by atoms with Crippen LogP contribution in [0.1, 0.15) is 5.69 Å². The molecule has 0 atom stereocenters.